The van der Waals surface area contributed by atoms with Crippen LogP contribution in [0.5, 0.6) is 0 Å². The van der Waals surface area contributed by atoms with Crippen molar-refractivity contribution in [2.75, 3.05) is 28.3 Å². The van der Waals surface area contributed by atoms with Crippen LogP contribution in [0.2, 0.25) is 0 Å². The number of nitrogens with zero attached hydrogens (tertiary/aromatic N) is 1. The summed E-state index contributed by atoms with van der Waals surface area (Å²) in [6.07, 6.45) is 13.7. The number of carbonyl (C=O) groups is 1. The molecule has 0 aromatic rings. The fourth-order valence-corrected chi connectivity index (χ4v) is 3.37. The maximum atomic E-state index is 10.6. The summed E-state index contributed by atoms with van der Waals surface area (Å²) in [6.45, 7) is 8.42. The Bertz CT molecular complexity index is 361. The molecule has 0 rings (SSSR count). The Morgan fingerprint density at radius 2 is 1.34 bits per heavy atom. The van der Waals surface area contributed by atoms with E-state index in [9.17, 15) is 4.79 Å². The molecule has 0 saturated carbocycles. The van der Waals surface area contributed by atoms with E-state index in [0.29, 0.717) is 5.92 Å². The Balaban J connectivity index is 0. The van der Waals surface area contributed by atoms with Crippen molar-refractivity contribution >= 4 is 5.97 Å². The smallest absolute Gasteiger partial charge is 0.306 e. The van der Waals surface area contributed by atoms with E-state index < -0.39 is 5.97 Å². The van der Waals surface area contributed by atoms with Crippen LogP contribution in [0.1, 0.15) is 98.3 Å². The topological polar surface area (TPSA) is 59.0 Å². The minimum absolute atomic E-state index is 0.0485. The fraction of sp³-hybridized carbons (Fsp3) is 0.958. The lowest BCUT2D eigenvalue weighted by Gasteiger charge is -2.30. The summed E-state index contributed by atoms with van der Waals surface area (Å²) in [5.74, 6) is -0.188. The minimum Gasteiger partial charge on any atom is -0.481 e. The lowest BCUT2D eigenvalue weighted by Crippen LogP contribution is -2.42. The summed E-state index contributed by atoms with van der Waals surface area (Å²) in [7, 11) is 7.46. The Morgan fingerprint density at radius 3 is 1.69 bits per heavy atom. The van der Waals surface area contributed by atoms with Crippen LogP contribution in [-0.4, -0.2) is 56.6 Å². The molecule has 0 spiro atoms. The van der Waals surface area contributed by atoms with Crippen molar-refractivity contribution in [3.8, 4) is 0 Å². The zero-order chi connectivity index (χ0) is 22.7. The monoisotopic (exact) mass is 417 g/mol. The van der Waals surface area contributed by atoms with Crippen LogP contribution in [0, 0.1) is 11.8 Å². The highest BCUT2D eigenvalue weighted by molar-refractivity contribution is 5.69. The summed E-state index contributed by atoms with van der Waals surface area (Å²) in [4.78, 5) is 12.6. The lowest BCUT2D eigenvalue weighted by molar-refractivity contribution is -0.141. The molecule has 0 aliphatic heterocycles. The molecule has 0 fully saturated rings. The van der Waals surface area contributed by atoms with Crippen LogP contribution in [0.25, 0.3) is 0 Å². The third-order valence-electron chi connectivity index (χ3n) is 5.24. The second-order valence-electron chi connectivity index (χ2n) is 8.85. The second-order valence-corrected chi connectivity index (χ2v) is 8.85. The molecular weight excluding hydrogens is 366 g/mol. The predicted octanol–water partition coefficient (Wildman–Crippen LogP) is 6.21. The number of hydrogen-bond donors (Lipinski definition) is 1. The van der Waals surface area contributed by atoms with Gasteiger partial charge in [0.15, 0.2) is 0 Å². The maximum absolute atomic E-state index is 10.6. The second kappa shape index (κ2) is 20.6. The first-order chi connectivity index (χ1) is 13.7. The molecule has 0 radical (unpaired) electrons. The van der Waals surface area contributed by atoms with Gasteiger partial charge in [-0.15, -0.1) is 0 Å². The van der Waals surface area contributed by atoms with Gasteiger partial charge in [0.05, 0.1) is 12.0 Å². The van der Waals surface area contributed by atoms with Crippen LogP contribution in [-0.2, 0) is 14.3 Å². The number of ether oxygens (including phenoxy) is 2. The van der Waals surface area contributed by atoms with Gasteiger partial charge in [-0.3, -0.25) is 9.69 Å². The third kappa shape index (κ3) is 19.1. The molecule has 0 amide bonds. The molecule has 3 unspecified atom stereocenters. The number of carboxylic acids is 1. The Hall–Kier alpha value is -0.650. The molecule has 0 aromatic heterocycles. The van der Waals surface area contributed by atoms with E-state index in [2.05, 4.69) is 20.8 Å². The van der Waals surface area contributed by atoms with E-state index in [1.165, 1.54) is 51.4 Å². The summed E-state index contributed by atoms with van der Waals surface area (Å²) in [5.41, 5.74) is 0. The van der Waals surface area contributed by atoms with Gasteiger partial charge in [-0.25, -0.2) is 0 Å². The number of unbranched alkanes of at least 4 members (excludes halogenated alkanes) is 8. The van der Waals surface area contributed by atoms with Crippen molar-refractivity contribution in [1.29, 1.82) is 0 Å². The van der Waals surface area contributed by atoms with Gasteiger partial charge in [-0.1, -0.05) is 85.5 Å². The van der Waals surface area contributed by atoms with Gasteiger partial charge < -0.3 is 14.6 Å². The van der Waals surface area contributed by atoms with Gasteiger partial charge in [0.2, 0.25) is 0 Å². The average molecular weight is 418 g/mol. The van der Waals surface area contributed by atoms with Crippen LogP contribution in [0.15, 0.2) is 0 Å². The van der Waals surface area contributed by atoms with Crippen LogP contribution in [0.4, 0.5) is 0 Å². The number of carboxylic acid groups (broad SMARTS) is 1. The molecule has 0 aromatic carbocycles. The molecule has 3 atom stereocenters. The van der Waals surface area contributed by atoms with Gasteiger partial charge in [-0.2, -0.15) is 0 Å². The fourth-order valence-electron chi connectivity index (χ4n) is 3.37. The third-order valence-corrected chi connectivity index (χ3v) is 5.24. The van der Waals surface area contributed by atoms with E-state index in [1.807, 2.05) is 19.0 Å². The minimum atomic E-state index is -0.653. The highest BCUT2D eigenvalue weighted by Crippen LogP contribution is 2.15. The van der Waals surface area contributed by atoms with Gasteiger partial charge in [-0.05, 0) is 32.9 Å². The highest BCUT2D eigenvalue weighted by Gasteiger charge is 2.23. The predicted molar refractivity (Wildman–Crippen MR) is 123 cm³/mol. The molecule has 0 aliphatic carbocycles. The Kier molecular flexibility index (Phi) is 21.7. The highest BCUT2D eigenvalue weighted by atomic mass is 16.5. The van der Waals surface area contributed by atoms with Crippen molar-refractivity contribution < 1.29 is 19.4 Å². The summed E-state index contributed by atoms with van der Waals surface area (Å²) < 4.78 is 10.8. The normalized spacial score (nSPS) is 14.4. The Morgan fingerprint density at radius 1 is 0.862 bits per heavy atom. The van der Waals surface area contributed by atoms with E-state index in [4.69, 9.17) is 14.6 Å². The zero-order valence-electron chi connectivity index (χ0n) is 20.7. The molecule has 0 heterocycles. The van der Waals surface area contributed by atoms with Crippen LogP contribution >= 0.6 is 0 Å². The van der Waals surface area contributed by atoms with E-state index in [-0.39, 0.29) is 18.2 Å². The summed E-state index contributed by atoms with van der Waals surface area (Å²) in [6, 6.07) is 0. The van der Waals surface area contributed by atoms with Gasteiger partial charge in [0, 0.05) is 14.2 Å². The van der Waals surface area contributed by atoms with Gasteiger partial charge in [0.1, 0.15) is 6.23 Å². The first-order valence-electron chi connectivity index (χ1n) is 11.7. The largest absolute Gasteiger partial charge is 0.481 e. The van der Waals surface area contributed by atoms with Crippen molar-refractivity contribution in [3.63, 3.8) is 0 Å². The van der Waals surface area contributed by atoms with Crippen molar-refractivity contribution in [3.05, 3.63) is 0 Å². The molecule has 176 valence electrons. The molecule has 0 bridgehead atoms. The number of rotatable bonds is 17. The number of methoxy groups -OCH3 is 2. The molecular formula is C24H51NO4. The quantitative estimate of drug-likeness (QED) is 0.225. The van der Waals surface area contributed by atoms with Gasteiger partial charge in [0.25, 0.3) is 0 Å². The summed E-state index contributed by atoms with van der Waals surface area (Å²) >= 11 is 0. The Labute approximate surface area is 181 Å². The summed E-state index contributed by atoms with van der Waals surface area (Å²) in [5, 5.41) is 8.71. The molecule has 1 N–H and O–H groups in total. The molecule has 0 aliphatic rings. The average Bonchev–Trinajstić information content (AvgIpc) is 2.66. The van der Waals surface area contributed by atoms with Crippen molar-refractivity contribution in [1.82, 2.24) is 4.90 Å². The van der Waals surface area contributed by atoms with E-state index in [1.54, 1.807) is 21.1 Å². The van der Waals surface area contributed by atoms with Gasteiger partial charge >= 0.3 is 5.97 Å². The standard InChI is InChI=1S/C14H28O2.C10H23NO2/c1-3-4-5-6-7-8-9-10-11-12-13(2)14(15)16;1-8(2)7-9(12-5)10(13-6)11(3)4/h13H,3-12H2,1-2H3,(H,15,16);8-10H,7H2,1-6H3. The van der Waals surface area contributed by atoms with Crippen molar-refractivity contribution in [2.24, 2.45) is 11.8 Å². The first-order valence-corrected chi connectivity index (χ1v) is 11.7. The zero-order valence-corrected chi connectivity index (χ0v) is 20.7. The molecule has 5 nitrogen and oxygen atoms in total. The lowest BCUT2D eigenvalue weighted by atomic mass is 10.0. The SMILES string of the molecule is CCCCCCCCCCCC(C)C(=O)O.COC(CC(C)C)C(OC)N(C)C. The molecule has 5 heteroatoms. The van der Waals surface area contributed by atoms with Crippen LogP contribution in [0.3, 0.4) is 0 Å². The van der Waals surface area contributed by atoms with E-state index in [0.717, 1.165) is 19.3 Å². The number of likely N-dealkylation sites (N-methyl/N-ethyl adjacent to an activating group) is 1. The number of hydrogen-bond acceptors (Lipinski definition) is 4. The molecule has 29 heavy (non-hydrogen) atoms. The first kappa shape index (κ1) is 30.5. The number of aliphatic carboxylic acids is 1. The van der Waals surface area contributed by atoms with Crippen molar-refractivity contribution in [2.45, 2.75) is 111 Å². The van der Waals surface area contributed by atoms with Crippen LogP contribution < -0.4 is 0 Å². The maximum Gasteiger partial charge on any atom is 0.306 e. The van der Waals surface area contributed by atoms with E-state index >= 15 is 0 Å². The molecule has 0 saturated heterocycles.